The van der Waals surface area contributed by atoms with Gasteiger partial charge in [0.1, 0.15) is 17.7 Å². The number of benzene rings is 2. The van der Waals surface area contributed by atoms with Crippen LogP contribution in [0.1, 0.15) is 32.4 Å². The average molecular weight is 555 g/mol. The second kappa shape index (κ2) is 11.1. The molecule has 39 heavy (non-hydrogen) atoms. The molecule has 1 unspecified atom stereocenters. The fourth-order valence-corrected chi connectivity index (χ4v) is 5.10. The molecule has 3 N–H and O–H groups in total. The normalized spacial score (nSPS) is 16.0. The van der Waals surface area contributed by atoms with Crippen LogP contribution in [-0.2, 0) is 24.3 Å². The van der Waals surface area contributed by atoms with E-state index in [1.54, 1.807) is 56.0 Å². The van der Waals surface area contributed by atoms with Crippen LogP contribution in [-0.4, -0.2) is 73.2 Å². The molecule has 1 fully saturated rings. The Labute approximate surface area is 228 Å². The number of sulfonamides is 1. The van der Waals surface area contributed by atoms with Crippen molar-refractivity contribution >= 4 is 44.3 Å². The van der Waals surface area contributed by atoms with Crippen molar-refractivity contribution in [3.8, 4) is 0 Å². The van der Waals surface area contributed by atoms with Crippen molar-refractivity contribution in [3.63, 3.8) is 0 Å². The number of nitrogens with one attached hydrogen (secondary N) is 1. The van der Waals surface area contributed by atoms with Crippen LogP contribution in [0, 0.1) is 5.92 Å². The summed E-state index contributed by atoms with van der Waals surface area (Å²) in [7, 11) is -3.45. The van der Waals surface area contributed by atoms with Crippen molar-refractivity contribution in [2.75, 3.05) is 42.1 Å². The van der Waals surface area contributed by atoms with Gasteiger partial charge in [-0.15, -0.1) is 0 Å². The van der Waals surface area contributed by atoms with Gasteiger partial charge in [-0.05, 0) is 44.5 Å². The molecule has 11 nitrogen and oxygen atoms in total. The molecule has 0 bridgehead atoms. The van der Waals surface area contributed by atoms with Gasteiger partial charge < -0.3 is 20.3 Å². The molecule has 1 aliphatic heterocycles. The Kier molecular flexibility index (Phi) is 8.07. The maximum Gasteiger partial charge on any atom is 0.320 e. The zero-order valence-electron chi connectivity index (χ0n) is 22.5. The second-order valence-corrected chi connectivity index (χ2v) is 12.3. The number of fused-ring (bicyclic) bond motifs is 1. The van der Waals surface area contributed by atoms with Crippen molar-refractivity contribution < 1.29 is 22.7 Å². The molecule has 0 spiro atoms. The van der Waals surface area contributed by atoms with Crippen LogP contribution in [0.3, 0.4) is 0 Å². The van der Waals surface area contributed by atoms with Crippen LogP contribution < -0.4 is 15.4 Å². The van der Waals surface area contributed by atoms with Crippen molar-refractivity contribution in [2.24, 2.45) is 11.7 Å². The number of amides is 1. The number of carbonyl (C=O) groups is 2. The van der Waals surface area contributed by atoms with Crippen molar-refractivity contribution in [2.45, 2.75) is 32.4 Å². The molecule has 12 heteroatoms. The number of rotatable bonds is 7. The van der Waals surface area contributed by atoms with Crippen molar-refractivity contribution in [1.29, 1.82) is 0 Å². The topological polar surface area (TPSA) is 148 Å². The Morgan fingerprint density at radius 3 is 2.31 bits per heavy atom. The third kappa shape index (κ3) is 7.01. The number of ether oxygens (including phenoxy) is 1. The number of hydrogen-bond donors (Lipinski definition) is 2. The summed E-state index contributed by atoms with van der Waals surface area (Å²) >= 11 is 0. The molecule has 2 atom stereocenters. The molecule has 2 heterocycles. The van der Waals surface area contributed by atoms with Gasteiger partial charge in [-0.25, -0.2) is 18.4 Å². The van der Waals surface area contributed by atoms with Gasteiger partial charge in [-0.2, -0.15) is 0 Å². The zero-order chi connectivity index (χ0) is 28.4. The van der Waals surface area contributed by atoms with Crippen LogP contribution in [0.25, 0.3) is 10.9 Å². The van der Waals surface area contributed by atoms with E-state index < -0.39 is 33.6 Å². The summed E-state index contributed by atoms with van der Waals surface area (Å²) in [6, 6.07) is 13.3. The van der Waals surface area contributed by atoms with Crippen LogP contribution in [0.2, 0.25) is 0 Å². The quantitative estimate of drug-likeness (QED) is 0.332. The largest absolute Gasteiger partial charge is 0.459 e. The molecular weight excluding hydrogens is 520 g/mol. The number of hydrogen-bond acceptors (Lipinski definition) is 9. The first-order valence-corrected chi connectivity index (χ1v) is 14.5. The van der Waals surface area contributed by atoms with E-state index in [0.717, 1.165) is 6.26 Å². The minimum atomic E-state index is -3.45. The molecule has 1 saturated heterocycles. The monoisotopic (exact) mass is 554 g/mol. The van der Waals surface area contributed by atoms with Crippen LogP contribution in [0.15, 0.2) is 54.9 Å². The number of nitrogens with two attached hydrogens (primary N) is 1. The van der Waals surface area contributed by atoms with E-state index in [1.807, 2.05) is 23.1 Å². The lowest BCUT2D eigenvalue weighted by Gasteiger charge is -2.38. The smallest absolute Gasteiger partial charge is 0.320 e. The molecule has 4 rings (SSSR count). The summed E-state index contributed by atoms with van der Waals surface area (Å²) in [5.74, 6) is -1.59. The standard InChI is InChI=1S/C27H34N6O5S/c1-27(2,3)38-26(35)22(23(28)18-8-6-5-7-9-18)25(34)33-14-12-32(13-15-33)24-20-16-19(31-39(4,36)37)10-11-21(20)29-17-30-24/h5-11,16-17,22-23,31H,12-15,28H2,1-4H3/t22-,23?/m1/s1. The highest BCUT2D eigenvalue weighted by Crippen LogP contribution is 2.29. The number of aromatic nitrogens is 2. The molecule has 208 valence electrons. The van der Waals surface area contributed by atoms with Crippen molar-refractivity contribution in [1.82, 2.24) is 14.9 Å². The average Bonchev–Trinajstić information content (AvgIpc) is 2.87. The van der Waals surface area contributed by atoms with E-state index in [9.17, 15) is 18.0 Å². The predicted molar refractivity (Wildman–Crippen MR) is 150 cm³/mol. The summed E-state index contributed by atoms with van der Waals surface area (Å²) in [6.07, 6.45) is 2.54. The highest BCUT2D eigenvalue weighted by molar-refractivity contribution is 7.92. The number of nitrogens with zero attached hydrogens (tertiary/aromatic N) is 4. The first-order chi connectivity index (χ1) is 18.3. The summed E-state index contributed by atoms with van der Waals surface area (Å²) in [5.41, 5.74) is 7.45. The third-order valence-electron chi connectivity index (χ3n) is 6.28. The van der Waals surface area contributed by atoms with E-state index in [0.29, 0.717) is 54.2 Å². The molecule has 1 amide bonds. The minimum Gasteiger partial charge on any atom is -0.459 e. The molecule has 1 aliphatic rings. The van der Waals surface area contributed by atoms with Gasteiger partial charge in [0.15, 0.2) is 5.92 Å². The van der Waals surface area contributed by atoms with Gasteiger partial charge in [-0.3, -0.25) is 14.3 Å². The van der Waals surface area contributed by atoms with Crippen LogP contribution in [0.4, 0.5) is 11.5 Å². The van der Waals surface area contributed by atoms with E-state index >= 15 is 0 Å². The lowest BCUT2D eigenvalue weighted by atomic mass is 9.92. The summed E-state index contributed by atoms with van der Waals surface area (Å²) in [4.78, 5) is 39.3. The zero-order valence-corrected chi connectivity index (χ0v) is 23.3. The van der Waals surface area contributed by atoms with Crippen LogP contribution >= 0.6 is 0 Å². The molecule has 1 aromatic heterocycles. The number of carbonyl (C=O) groups excluding carboxylic acids is 2. The van der Waals surface area contributed by atoms with Gasteiger partial charge in [0.05, 0.1) is 17.8 Å². The van der Waals surface area contributed by atoms with Gasteiger partial charge in [0.2, 0.25) is 15.9 Å². The summed E-state index contributed by atoms with van der Waals surface area (Å²) in [6.45, 7) is 6.83. The van der Waals surface area contributed by atoms with E-state index in [1.165, 1.54) is 6.33 Å². The molecule has 3 aromatic rings. The molecule has 0 saturated carbocycles. The van der Waals surface area contributed by atoms with E-state index in [-0.39, 0.29) is 5.91 Å². The molecule has 0 radical (unpaired) electrons. The molecule has 2 aromatic carbocycles. The minimum absolute atomic E-state index is 0.340. The Morgan fingerprint density at radius 1 is 1.03 bits per heavy atom. The van der Waals surface area contributed by atoms with Gasteiger partial charge in [0.25, 0.3) is 0 Å². The van der Waals surface area contributed by atoms with E-state index in [2.05, 4.69) is 14.7 Å². The van der Waals surface area contributed by atoms with E-state index in [4.69, 9.17) is 10.5 Å². The Morgan fingerprint density at radius 2 is 1.69 bits per heavy atom. The number of esters is 1. The van der Waals surface area contributed by atoms with Gasteiger partial charge in [-0.1, -0.05) is 30.3 Å². The van der Waals surface area contributed by atoms with Crippen LogP contribution in [0.5, 0.6) is 0 Å². The Bertz CT molecular complexity index is 1450. The predicted octanol–water partition coefficient (Wildman–Crippen LogP) is 2.31. The first kappa shape index (κ1) is 28.2. The second-order valence-electron chi connectivity index (χ2n) is 10.6. The summed E-state index contributed by atoms with van der Waals surface area (Å²) in [5, 5.41) is 0.684. The lowest BCUT2D eigenvalue weighted by molar-refractivity contribution is -0.166. The molecular formula is C27H34N6O5S. The van der Waals surface area contributed by atoms with Gasteiger partial charge >= 0.3 is 5.97 Å². The fourth-order valence-electron chi connectivity index (χ4n) is 4.54. The fraction of sp³-hybridized carbons (Fsp3) is 0.407. The third-order valence-corrected chi connectivity index (χ3v) is 6.89. The number of piperazine rings is 1. The maximum absolute atomic E-state index is 13.7. The lowest BCUT2D eigenvalue weighted by Crippen LogP contribution is -2.53. The number of anilines is 2. The first-order valence-electron chi connectivity index (χ1n) is 12.6. The highest BCUT2D eigenvalue weighted by atomic mass is 32.2. The highest BCUT2D eigenvalue weighted by Gasteiger charge is 2.40. The SMILES string of the molecule is CC(C)(C)OC(=O)[C@@H](C(=O)N1CCN(c2ncnc3ccc(NS(C)(=O)=O)cc23)CC1)C(N)c1ccccc1. The van der Waals surface area contributed by atoms with Gasteiger partial charge in [0, 0.05) is 37.3 Å². The van der Waals surface area contributed by atoms with Crippen molar-refractivity contribution in [3.05, 3.63) is 60.4 Å². The Balaban J connectivity index is 1.54. The Hall–Kier alpha value is -3.77. The summed E-state index contributed by atoms with van der Waals surface area (Å²) < 4.78 is 31.5. The molecule has 0 aliphatic carbocycles. The maximum atomic E-state index is 13.7.